The van der Waals surface area contributed by atoms with Crippen LogP contribution in [-0.2, 0) is 0 Å². The van der Waals surface area contributed by atoms with Gasteiger partial charge in [-0.3, -0.25) is 0 Å². The maximum atomic E-state index is 5.11. The molecule has 158 valence electrons. The van der Waals surface area contributed by atoms with Crippen molar-refractivity contribution in [3.63, 3.8) is 0 Å². The summed E-state index contributed by atoms with van der Waals surface area (Å²) in [5.41, 5.74) is 8.32. The number of rotatable bonds is 3. The molecule has 32 heavy (non-hydrogen) atoms. The van der Waals surface area contributed by atoms with Crippen molar-refractivity contribution in [2.45, 2.75) is 33.5 Å². The van der Waals surface area contributed by atoms with E-state index in [9.17, 15) is 0 Å². The van der Waals surface area contributed by atoms with E-state index in [1.807, 2.05) is 0 Å². The second kappa shape index (κ2) is 7.72. The van der Waals surface area contributed by atoms with E-state index in [4.69, 9.17) is 4.98 Å². The van der Waals surface area contributed by atoms with Gasteiger partial charge in [-0.05, 0) is 66.1 Å². The average Bonchev–Trinajstić information content (AvgIpc) is 2.76. The Morgan fingerprint density at radius 2 is 1.34 bits per heavy atom. The lowest BCUT2D eigenvalue weighted by Crippen LogP contribution is -2.37. The first-order valence-corrected chi connectivity index (χ1v) is 14.8. The lowest BCUT2D eigenvalue weighted by atomic mass is 9.95. The summed E-state index contributed by atoms with van der Waals surface area (Å²) in [6.07, 6.45) is 0. The minimum atomic E-state index is -1.44. The van der Waals surface area contributed by atoms with Gasteiger partial charge in [-0.25, -0.2) is 4.98 Å². The molecule has 0 radical (unpaired) electrons. The first-order valence-electron chi connectivity index (χ1n) is 11.3. The lowest BCUT2D eigenvalue weighted by molar-refractivity contribution is 1.34. The number of aryl methyl sites for hydroxylation is 2. The number of aromatic nitrogens is 1. The maximum Gasteiger partial charge on any atom is 0.0776 e. The fourth-order valence-corrected chi connectivity index (χ4v) is 5.72. The number of hydrogen-bond acceptors (Lipinski definition) is 1. The molecule has 1 nitrogen and oxygen atoms in total. The molecular weight excluding hydrogens is 402 g/mol. The van der Waals surface area contributed by atoms with Crippen LogP contribution >= 0.6 is 0 Å². The highest BCUT2D eigenvalue weighted by Gasteiger charge is 2.18. The smallest absolute Gasteiger partial charge is 0.0776 e. The summed E-state index contributed by atoms with van der Waals surface area (Å²) in [4.78, 5) is 5.11. The van der Waals surface area contributed by atoms with Crippen molar-refractivity contribution in [3.8, 4) is 22.4 Å². The topological polar surface area (TPSA) is 12.9 Å². The van der Waals surface area contributed by atoms with E-state index in [1.54, 1.807) is 0 Å². The highest BCUT2D eigenvalue weighted by atomic mass is 28.3. The quantitative estimate of drug-likeness (QED) is 0.265. The van der Waals surface area contributed by atoms with Gasteiger partial charge in [0.05, 0.1) is 19.3 Å². The van der Waals surface area contributed by atoms with E-state index in [0.717, 1.165) is 11.2 Å². The third kappa shape index (κ3) is 3.87. The second-order valence-electron chi connectivity index (χ2n) is 9.98. The minimum absolute atomic E-state index is 1.04. The largest absolute Gasteiger partial charge is 0.248 e. The molecular formula is C30H29NSi. The molecule has 5 aromatic rings. The SMILES string of the molecule is Cc1cc(C)cc(-c2cc(-c3ccc4ccccc4c3)c3cc([Si](C)(C)C)ccc3n2)c1. The van der Waals surface area contributed by atoms with Crippen molar-refractivity contribution in [2.75, 3.05) is 0 Å². The molecule has 4 aromatic carbocycles. The fraction of sp³-hybridized carbons (Fsp3) is 0.167. The highest BCUT2D eigenvalue weighted by molar-refractivity contribution is 6.88. The molecule has 1 aromatic heterocycles. The van der Waals surface area contributed by atoms with Crippen LogP contribution in [-0.4, -0.2) is 13.1 Å². The van der Waals surface area contributed by atoms with Gasteiger partial charge < -0.3 is 0 Å². The van der Waals surface area contributed by atoms with Crippen molar-refractivity contribution in [3.05, 3.63) is 96.1 Å². The summed E-state index contributed by atoms with van der Waals surface area (Å²) in [5.74, 6) is 0. The highest BCUT2D eigenvalue weighted by Crippen LogP contribution is 2.34. The van der Waals surface area contributed by atoms with Crippen molar-refractivity contribution in [2.24, 2.45) is 0 Å². The van der Waals surface area contributed by atoms with Gasteiger partial charge in [0, 0.05) is 10.9 Å². The zero-order valence-electron chi connectivity index (χ0n) is 19.5. The summed E-state index contributed by atoms with van der Waals surface area (Å²) in [5, 5.41) is 5.25. The number of pyridine rings is 1. The summed E-state index contributed by atoms with van der Waals surface area (Å²) >= 11 is 0. The summed E-state index contributed by atoms with van der Waals surface area (Å²) < 4.78 is 0. The Morgan fingerprint density at radius 1 is 0.625 bits per heavy atom. The van der Waals surface area contributed by atoms with Crippen LogP contribution < -0.4 is 5.19 Å². The van der Waals surface area contributed by atoms with Crippen molar-refractivity contribution < 1.29 is 0 Å². The van der Waals surface area contributed by atoms with Gasteiger partial charge in [0.1, 0.15) is 0 Å². The molecule has 0 fully saturated rings. The zero-order valence-corrected chi connectivity index (χ0v) is 20.5. The van der Waals surface area contributed by atoms with Gasteiger partial charge in [-0.2, -0.15) is 0 Å². The van der Waals surface area contributed by atoms with Gasteiger partial charge in [0.25, 0.3) is 0 Å². The predicted octanol–water partition coefficient (Wildman–Crippen LogP) is 7.88. The van der Waals surface area contributed by atoms with E-state index < -0.39 is 8.07 Å². The molecule has 0 N–H and O–H groups in total. The van der Waals surface area contributed by atoms with Crippen LogP contribution in [0.5, 0.6) is 0 Å². The van der Waals surface area contributed by atoms with Crippen LogP contribution in [0.4, 0.5) is 0 Å². The summed E-state index contributed by atoms with van der Waals surface area (Å²) in [7, 11) is -1.44. The zero-order chi connectivity index (χ0) is 22.5. The standard InChI is InChI=1S/C30H29NSi/c1-20-14-21(2)16-25(15-20)30-19-27(24-11-10-22-8-6-7-9-23(22)17-24)28-18-26(32(3,4)5)12-13-29(28)31-30/h6-19H,1-5H3. The fourth-order valence-electron chi connectivity index (χ4n) is 4.56. The van der Waals surface area contributed by atoms with E-state index in [1.165, 1.54) is 49.2 Å². The third-order valence-electron chi connectivity index (χ3n) is 6.25. The van der Waals surface area contributed by atoms with Crippen LogP contribution in [0.25, 0.3) is 44.1 Å². The predicted molar refractivity (Wildman–Crippen MR) is 143 cm³/mol. The third-order valence-corrected chi connectivity index (χ3v) is 8.30. The molecule has 0 unspecified atom stereocenters. The molecule has 0 saturated heterocycles. The molecule has 0 amide bonds. The van der Waals surface area contributed by atoms with Crippen LogP contribution in [0.1, 0.15) is 11.1 Å². The molecule has 0 aliphatic carbocycles. The molecule has 0 aliphatic rings. The van der Waals surface area contributed by atoms with Crippen LogP contribution in [0, 0.1) is 13.8 Å². The normalized spacial score (nSPS) is 11.9. The Balaban J connectivity index is 1.81. The van der Waals surface area contributed by atoms with Gasteiger partial charge >= 0.3 is 0 Å². The Morgan fingerprint density at radius 3 is 2.06 bits per heavy atom. The Labute approximate surface area is 191 Å². The number of benzene rings is 4. The number of nitrogens with zero attached hydrogens (tertiary/aromatic N) is 1. The molecule has 5 rings (SSSR count). The number of hydrogen-bond donors (Lipinski definition) is 0. The molecule has 0 atom stereocenters. The van der Waals surface area contributed by atoms with Gasteiger partial charge in [-0.15, -0.1) is 0 Å². The van der Waals surface area contributed by atoms with Crippen LogP contribution in [0.3, 0.4) is 0 Å². The van der Waals surface area contributed by atoms with Crippen LogP contribution in [0.2, 0.25) is 19.6 Å². The molecule has 0 spiro atoms. The van der Waals surface area contributed by atoms with Crippen molar-refractivity contribution >= 4 is 34.9 Å². The van der Waals surface area contributed by atoms with Crippen molar-refractivity contribution in [1.82, 2.24) is 4.98 Å². The Kier molecular flexibility index (Phi) is 4.98. The molecule has 2 heteroatoms. The van der Waals surface area contributed by atoms with Gasteiger partial charge in [0.2, 0.25) is 0 Å². The molecule has 0 bridgehead atoms. The van der Waals surface area contributed by atoms with E-state index >= 15 is 0 Å². The second-order valence-corrected chi connectivity index (χ2v) is 15.1. The monoisotopic (exact) mass is 431 g/mol. The van der Waals surface area contributed by atoms with E-state index in [-0.39, 0.29) is 0 Å². The van der Waals surface area contributed by atoms with E-state index in [2.05, 4.69) is 118 Å². The minimum Gasteiger partial charge on any atom is -0.248 e. The van der Waals surface area contributed by atoms with Gasteiger partial charge in [-0.1, -0.05) is 90.6 Å². The van der Waals surface area contributed by atoms with Gasteiger partial charge in [0.15, 0.2) is 0 Å². The lowest BCUT2D eigenvalue weighted by Gasteiger charge is -2.19. The molecule has 1 heterocycles. The maximum absolute atomic E-state index is 5.11. The average molecular weight is 432 g/mol. The summed E-state index contributed by atoms with van der Waals surface area (Å²) in [6.45, 7) is 11.5. The first kappa shape index (κ1) is 20.7. The molecule has 0 aliphatic heterocycles. The number of fused-ring (bicyclic) bond motifs is 2. The Bertz CT molecular complexity index is 1450. The Hall–Kier alpha value is -3.23. The van der Waals surface area contributed by atoms with E-state index in [0.29, 0.717) is 0 Å². The molecule has 0 saturated carbocycles. The van der Waals surface area contributed by atoms with Crippen LogP contribution in [0.15, 0.2) is 84.9 Å². The first-order chi connectivity index (χ1) is 15.3. The summed E-state index contributed by atoms with van der Waals surface area (Å²) in [6, 6.07) is 31.3. The van der Waals surface area contributed by atoms with Crippen molar-refractivity contribution in [1.29, 1.82) is 0 Å².